The van der Waals surface area contributed by atoms with Crippen LogP contribution in [0.3, 0.4) is 0 Å². The first-order valence-electron chi connectivity index (χ1n) is 4.92. The maximum atomic E-state index is 5.33. The third-order valence-corrected chi connectivity index (χ3v) is 1.82. The van der Waals surface area contributed by atoms with E-state index in [1.165, 1.54) is 0 Å². The average Bonchev–Trinajstić information content (AvgIpc) is 2.68. The van der Waals surface area contributed by atoms with E-state index >= 15 is 0 Å². The van der Waals surface area contributed by atoms with Gasteiger partial charge >= 0.3 is 6.01 Å². The highest BCUT2D eigenvalue weighted by Gasteiger charge is 2.07. The van der Waals surface area contributed by atoms with Crippen molar-refractivity contribution in [1.29, 1.82) is 0 Å². The van der Waals surface area contributed by atoms with Crippen LogP contribution in [0.5, 0.6) is 0 Å². The van der Waals surface area contributed by atoms with Crippen molar-refractivity contribution in [3.63, 3.8) is 0 Å². The molecule has 15 heavy (non-hydrogen) atoms. The van der Waals surface area contributed by atoms with Crippen LogP contribution in [0.15, 0.2) is 28.7 Å². The molecular formula is C11H15N3O. The van der Waals surface area contributed by atoms with Crippen molar-refractivity contribution >= 4 is 6.01 Å². The van der Waals surface area contributed by atoms with Gasteiger partial charge in [-0.2, -0.15) is 0 Å². The number of nitrogens with two attached hydrogens (primary N) is 1. The molecule has 0 aliphatic heterocycles. The van der Waals surface area contributed by atoms with Crippen molar-refractivity contribution in [3.8, 4) is 11.5 Å². The van der Waals surface area contributed by atoms with Gasteiger partial charge in [-0.25, -0.2) is 0 Å². The highest BCUT2D eigenvalue weighted by molar-refractivity contribution is 5.57. The summed E-state index contributed by atoms with van der Waals surface area (Å²) in [5, 5.41) is 7.40. The van der Waals surface area contributed by atoms with E-state index in [1.54, 1.807) is 0 Å². The third-order valence-electron chi connectivity index (χ3n) is 1.82. The lowest BCUT2D eigenvalue weighted by Crippen LogP contribution is -1.81. The Morgan fingerprint density at radius 3 is 2.33 bits per heavy atom. The van der Waals surface area contributed by atoms with Crippen LogP contribution in [0.25, 0.3) is 11.5 Å². The Hall–Kier alpha value is -1.84. The number of aromatic nitrogens is 2. The number of anilines is 1. The van der Waals surface area contributed by atoms with E-state index in [4.69, 9.17) is 10.2 Å². The quantitative estimate of drug-likeness (QED) is 0.777. The van der Waals surface area contributed by atoms with E-state index in [1.807, 2.05) is 45.0 Å². The van der Waals surface area contributed by atoms with Gasteiger partial charge in [0, 0.05) is 5.56 Å². The largest absolute Gasteiger partial charge is 0.404 e. The second-order valence-electron chi connectivity index (χ2n) is 2.76. The molecule has 0 aliphatic carbocycles. The molecule has 80 valence electrons. The van der Waals surface area contributed by atoms with Crippen LogP contribution in [0.2, 0.25) is 0 Å². The van der Waals surface area contributed by atoms with Gasteiger partial charge in [-0.3, -0.25) is 0 Å². The van der Waals surface area contributed by atoms with Crippen LogP contribution >= 0.6 is 0 Å². The molecule has 2 aromatic rings. The predicted molar refractivity (Wildman–Crippen MR) is 60.2 cm³/mol. The maximum Gasteiger partial charge on any atom is 0.313 e. The molecule has 2 rings (SSSR count). The number of rotatable bonds is 1. The van der Waals surface area contributed by atoms with Gasteiger partial charge in [-0.15, -0.1) is 5.10 Å². The van der Waals surface area contributed by atoms with E-state index in [0.717, 1.165) is 11.1 Å². The summed E-state index contributed by atoms with van der Waals surface area (Å²) in [6, 6.07) is 7.87. The Balaban J connectivity index is 0.000000531. The molecule has 4 nitrogen and oxygen atoms in total. The summed E-state index contributed by atoms with van der Waals surface area (Å²) in [7, 11) is 0. The zero-order valence-electron chi connectivity index (χ0n) is 9.19. The van der Waals surface area contributed by atoms with Crippen LogP contribution in [0, 0.1) is 6.92 Å². The Bertz CT molecular complexity index is 423. The zero-order chi connectivity index (χ0) is 11.3. The lowest BCUT2D eigenvalue weighted by molar-refractivity contribution is 0.590. The fourth-order valence-corrected chi connectivity index (χ4v) is 1.16. The van der Waals surface area contributed by atoms with Crippen LogP contribution in [-0.4, -0.2) is 10.2 Å². The van der Waals surface area contributed by atoms with Gasteiger partial charge < -0.3 is 10.2 Å². The van der Waals surface area contributed by atoms with Gasteiger partial charge in [0.05, 0.1) is 0 Å². The van der Waals surface area contributed by atoms with Crippen molar-refractivity contribution in [3.05, 3.63) is 29.8 Å². The van der Waals surface area contributed by atoms with Crippen LogP contribution in [0.1, 0.15) is 19.4 Å². The summed E-state index contributed by atoms with van der Waals surface area (Å²) in [5.74, 6) is 0.468. The first kappa shape index (κ1) is 11.2. The predicted octanol–water partition coefficient (Wildman–Crippen LogP) is 2.65. The standard InChI is InChI=1S/C9H9N3O.C2H6/c1-6-4-2-3-5-7(6)8-11-12-9(10)13-8;1-2/h2-5H,1H3,(H2,10,12);1-2H3. The summed E-state index contributed by atoms with van der Waals surface area (Å²) in [5.41, 5.74) is 7.34. The van der Waals surface area contributed by atoms with Crippen LogP contribution in [-0.2, 0) is 0 Å². The summed E-state index contributed by atoms with van der Waals surface area (Å²) < 4.78 is 5.11. The topological polar surface area (TPSA) is 64.9 Å². The zero-order valence-corrected chi connectivity index (χ0v) is 9.19. The molecule has 0 aliphatic rings. The fourth-order valence-electron chi connectivity index (χ4n) is 1.16. The summed E-state index contributed by atoms with van der Waals surface area (Å²) in [4.78, 5) is 0. The molecule has 1 heterocycles. The number of nitrogens with zero attached hydrogens (tertiary/aromatic N) is 2. The van der Waals surface area contributed by atoms with Crippen molar-refractivity contribution < 1.29 is 4.42 Å². The van der Waals surface area contributed by atoms with Gasteiger partial charge in [0.15, 0.2) is 0 Å². The van der Waals surface area contributed by atoms with Crippen molar-refractivity contribution in [2.24, 2.45) is 0 Å². The lowest BCUT2D eigenvalue weighted by atomic mass is 10.1. The highest BCUT2D eigenvalue weighted by Crippen LogP contribution is 2.21. The molecule has 0 amide bonds. The van der Waals surface area contributed by atoms with E-state index in [9.17, 15) is 0 Å². The highest BCUT2D eigenvalue weighted by atomic mass is 16.4. The molecular weight excluding hydrogens is 190 g/mol. The van der Waals surface area contributed by atoms with Crippen molar-refractivity contribution in [2.45, 2.75) is 20.8 Å². The Labute approximate surface area is 89.1 Å². The van der Waals surface area contributed by atoms with Gasteiger partial charge in [0.1, 0.15) is 0 Å². The molecule has 1 aromatic heterocycles. The monoisotopic (exact) mass is 205 g/mol. The normalized spacial score (nSPS) is 9.27. The minimum absolute atomic E-state index is 0.0956. The van der Waals surface area contributed by atoms with Crippen molar-refractivity contribution in [1.82, 2.24) is 10.2 Å². The first-order chi connectivity index (χ1) is 7.27. The molecule has 0 saturated carbocycles. The number of hydrogen-bond acceptors (Lipinski definition) is 4. The van der Waals surface area contributed by atoms with Gasteiger partial charge in [0.25, 0.3) is 0 Å². The number of aryl methyl sites for hydroxylation is 1. The summed E-state index contributed by atoms with van der Waals surface area (Å²) >= 11 is 0. The molecule has 0 bridgehead atoms. The second kappa shape index (κ2) is 5.14. The molecule has 0 saturated heterocycles. The number of hydrogen-bond donors (Lipinski definition) is 1. The molecule has 0 radical (unpaired) electrons. The maximum absolute atomic E-state index is 5.33. The lowest BCUT2D eigenvalue weighted by Gasteiger charge is -1.97. The second-order valence-corrected chi connectivity index (χ2v) is 2.76. The van der Waals surface area contributed by atoms with E-state index in [-0.39, 0.29) is 6.01 Å². The molecule has 0 spiro atoms. The van der Waals surface area contributed by atoms with E-state index < -0.39 is 0 Å². The molecule has 1 aromatic carbocycles. The van der Waals surface area contributed by atoms with Crippen molar-refractivity contribution in [2.75, 3.05) is 5.73 Å². The SMILES string of the molecule is CC.Cc1ccccc1-c1nnc(N)o1. The van der Waals surface area contributed by atoms with Crippen LogP contribution < -0.4 is 5.73 Å². The van der Waals surface area contributed by atoms with E-state index in [0.29, 0.717) is 5.89 Å². The van der Waals surface area contributed by atoms with Gasteiger partial charge in [-0.05, 0) is 18.6 Å². The number of nitrogen functional groups attached to an aromatic ring is 1. The summed E-state index contributed by atoms with van der Waals surface area (Å²) in [6.07, 6.45) is 0. The number of benzene rings is 1. The molecule has 0 unspecified atom stereocenters. The minimum Gasteiger partial charge on any atom is -0.404 e. The molecule has 0 fully saturated rings. The Morgan fingerprint density at radius 1 is 1.13 bits per heavy atom. The molecule has 0 atom stereocenters. The smallest absolute Gasteiger partial charge is 0.313 e. The first-order valence-corrected chi connectivity index (χ1v) is 4.92. The summed E-state index contributed by atoms with van der Waals surface area (Å²) in [6.45, 7) is 5.98. The Morgan fingerprint density at radius 2 is 1.80 bits per heavy atom. The van der Waals surface area contributed by atoms with E-state index in [2.05, 4.69) is 10.2 Å². The van der Waals surface area contributed by atoms with Gasteiger partial charge in [0.2, 0.25) is 5.89 Å². The third kappa shape index (κ3) is 2.56. The van der Waals surface area contributed by atoms with Crippen LogP contribution in [0.4, 0.5) is 6.01 Å². The molecule has 4 heteroatoms. The Kier molecular flexibility index (Phi) is 3.85. The van der Waals surface area contributed by atoms with Gasteiger partial charge in [-0.1, -0.05) is 37.1 Å². The molecule has 2 N–H and O–H groups in total. The minimum atomic E-state index is 0.0956. The fraction of sp³-hybridized carbons (Fsp3) is 0.273. The average molecular weight is 205 g/mol.